The maximum Gasteiger partial charge on any atom is 0.370 e. The van der Waals surface area contributed by atoms with Crippen LogP contribution in [-0.4, -0.2) is 16.2 Å². The van der Waals surface area contributed by atoms with Gasteiger partial charge in [0.25, 0.3) is 0 Å². The van der Waals surface area contributed by atoms with Crippen LogP contribution < -0.4 is 0 Å². The molecule has 5 heteroatoms. The summed E-state index contributed by atoms with van der Waals surface area (Å²) >= 11 is 4.56. The van der Waals surface area contributed by atoms with Crippen molar-refractivity contribution >= 4 is 39.3 Å². The minimum Gasteiger partial charge on any atom is -0.502 e. The molecule has 0 atom stereocenters. The van der Waals surface area contributed by atoms with Gasteiger partial charge in [-0.3, -0.25) is 0 Å². The van der Waals surface area contributed by atoms with Gasteiger partial charge >= 0.3 is 5.97 Å². The molecule has 0 unspecified atom stereocenters. The molecule has 0 saturated carbocycles. The zero-order chi connectivity index (χ0) is 9.14. The Morgan fingerprint density at radius 3 is 2.67 bits per heavy atom. The average molecular weight is 249 g/mol. The van der Waals surface area contributed by atoms with Gasteiger partial charge in [-0.2, -0.15) is 0 Å². The minimum atomic E-state index is -1.32. The van der Waals surface area contributed by atoms with Gasteiger partial charge in [-0.1, -0.05) is 0 Å². The van der Waals surface area contributed by atoms with Crippen molar-refractivity contribution in [1.82, 2.24) is 0 Å². The lowest BCUT2D eigenvalue weighted by Gasteiger charge is -1.88. The Balaban J connectivity index is 2.87. The predicted octanol–water partition coefficient (Wildman–Crippen LogP) is 2.49. The maximum atomic E-state index is 10.2. The molecule has 1 rings (SSSR count). The molecule has 1 aromatic rings. The lowest BCUT2D eigenvalue weighted by molar-refractivity contribution is -0.135. The van der Waals surface area contributed by atoms with E-state index >= 15 is 0 Å². The molecule has 0 radical (unpaired) electrons. The highest BCUT2D eigenvalue weighted by atomic mass is 79.9. The van der Waals surface area contributed by atoms with E-state index in [1.807, 2.05) is 0 Å². The summed E-state index contributed by atoms with van der Waals surface area (Å²) in [6, 6.07) is 1.73. The first-order chi connectivity index (χ1) is 5.59. The molecule has 0 saturated heterocycles. The number of carbonyl (C=O) groups is 1. The summed E-state index contributed by atoms with van der Waals surface area (Å²) < 4.78 is 0.872. The Kier molecular flexibility index (Phi) is 2.88. The monoisotopic (exact) mass is 248 g/mol. The molecule has 0 aliphatic rings. The maximum absolute atomic E-state index is 10.2. The smallest absolute Gasteiger partial charge is 0.370 e. The lowest BCUT2D eigenvalue weighted by atomic mass is 10.4. The van der Waals surface area contributed by atoms with Gasteiger partial charge in [-0.05, 0) is 22.0 Å². The molecule has 1 aromatic heterocycles. The topological polar surface area (TPSA) is 57.5 Å². The van der Waals surface area contributed by atoms with Crippen LogP contribution in [0.4, 0.5) is 0 Å². The summed E-state index contributed by atoms with van der Waals surface area (Å²) in [5.74, 6) is -1.97. The standard InChI is InChI=1S/C7H5BrO3S/c8-4-1-5(12-3-4)2-6(9)7(10)11/h1-3,9H,(H,10,11)/b6-2-. The van der Waals surface area contributed by atoms with Crippen molar-refractivity contribution in [2.75, 3.05) is 0 Å². The van der Waals surface area contributed by atoms with E-state index in [0.717, 1.165) is 4.47 Å². The van der Waals surface area contributed by atoms with E-state index in [0.29, 0.717) is 4.88 Å². The zero-order valence-electron chi connectivity index (χ0n) is 5.82. The van der Waals surface area contributed by atoms with Crippen LogP contribution in [0.5, 0.6) is 0 Å². The van der Waals surface area contributed by atoms with Gasteiger partial charge in [0.2, 0.25) is 5.76 Å². The second-order valence-electron chi connectivity index (χ2n) is 2.00. The number of halogens is 1. The molecular weight excluding hydrogens is 244 g/mol. The fourth-order valence-corrected chi connectivity index (χ4v) is 1.97. The fourth-order valence-electron chi connectivity index (χ4n) is 0.600. The molecule has 12 heavy (non-hydrogen) atoms. The number of aliphatic carboxylic acids is 1. The Morgan fingerprint density at radius 2 is 2.25 bits per heavy atom. The van der Waals surface area contributed by atoms with E-state index in [2.05, 4.69) is 15.9 Å². The SMILES string of the molecule is O=C(O)/C(O)=C/c1cc(Br)cs1. The van der Waals surface area contributed by atoms with E-state index in [-0.39, 0.29) is 0 Å². The molecule has 0 amide bonds. The van der Waals surface area contributed by atoms with Crippen LogP contribution in [0.3, 0.4) is 0 Å². The van der Waals surface area contributed by atoms with Crippen LogP contribution in [0.15, 0.2) is 21.7 Å². The molecule has 0 fully saturated rings. The van der Waals surface area contributed by atoms with Gasteiger partial charge in [0, 0.05) is 20.8 Å². The molecular formula is C7H5BrO3S. The third kappa shape index (κ3) is 2.35. The molecule has 0 aromatic carbocycles. The number of aliphatic hydroxyl groups excluding tert-OH is 1. The van der Waals surface area contributed by atoms with Crippen LogP contribution in [0, 0.1) is 0 Å². The number of aliphatic hydroxyl groups is 1. The third-order valence-corrected chi connectivity index (χ3v) is 2.73. The highest BCUT2D eigenvalue weighted by Crippen LogP contribution is 2.21. The summed E-state index contributed by atoms with van der Waals surface area (Å²) in [5, 5.41) is 19.0. The molecule has 3 nitrogen and oxygen atoms in total. The van der Waals surface area contributed by atoms with Gasteiger partial charge < -0.3 is 10.2 Å². The first kappa shape index (κ1) is 9.28. The van der Waals surface area contributed by atoms with Crippen molar-refractivity contribution in [3.8, 4) is 0 Å². The average Bonchev–Trinajstić information content (AvgIpc) is 2.35. The summed E-state index contributed by atoms with van der Waals surface area (Å²) in [6.07, 6.45) is 1.21. The van der Waals surface area contributed by atoms with E-state index in [4.69, 9.17) is 10.2 Å². The van der Waals surface area contributed by atoms with Crippen molar-refractivity contribution in [2.24, 2.45) is 0 Å². The molecule has 0 bridgehead atoms. The van der Waals surface area contributed by atoms with Crippen LogP contribution in [0.2, 0.25) is 0 Å². The highest BCUT2D eigenvalue weighted by Gasteiger charge is 2.04. The minimum absolute atomic E-state index is 0.649. The largest absolute Gasteiger partial charge is 0.502 e. The molecule has 1 heterocycles. The Bertz CT molecular complexity index is 329. The lowest BCUT2D eigenvalue weighted by Crippen LogP contribution is -1.97. The Labute approximate surface area is 81.1 Å². The van der Waals surface area contributed by atoms with Crippen LogP contribution in [0.25, 0.3) is 6.08 Å². The van der Waals surface area contributed by atoms with Crippen molar-refractivity contribution in [3.63, 3.8) is 0 Å². The number of rotatable bonds is 2. The summed E-state index contributed by atoms with van der Waals surface area (Å²) in [4.78, 5) is 10.9. The number of carboxylic acids is 1. The van der Waals surface area contributed by atoms with Gasteiger partial charge in [0.15, 0.2) is 0 Å². The van der Waals surface area contributed by atoms with Gasteiger partial charge in [0.05, 0.1) is 0 Å². The van der Waals surface area contributed by atoms with Crippen LogP contribution in [0.1, 0.15) is 4.88 Å². The fraction of sp³-hybridized carbons (Fsp3) is 0. The molecule has 64 valence electrons. The van der Waals surface area contributed by atoms with Crippen LogP contribution in [-0.2, 0) is 4.79 Å². The second-order valence-corrected chi connectivity index (χ2v) is 3.86. The van der Waals surface area contributed by atoms with E-state index < -0.39 is 11.7 Å². The molecule has 0 aliphatic carbocycles. The number of hydrogen-bond donors (Lipinski definition) is 2. The summed E-state index contributed by atoms with van der Waals surface area (Å²) in [5.41, 5.74) is 0. The number of thiophene rings is 1. The van der Waals surface area contributed by atoms with Crippen molar-refractivity contribution in [3.05, 3.63) is 26.6 Å². The van der Waals surface area contributed by atoms with Crippen LogP contribution >= 0.6 is 27.3 Å². The number of carboxylic acid groups (broad SMARTS) is 1. The molecule has 2 N–H and O–H groups in total. The predicted molar refractivity (Wildman–Crippen MR) is 50.3 cm³/mol. The van der Waals surface area contributed by atoms with Gasteiger partial charge in [-0.25, -0.2) is 4.79 Å². The van der Waals surface area contributed by atoms with Crippen molar-refractivity contribution < 1.29 is 15.0 Å². The van der Waals surface area contributed by atoms with Crippen molar-refractivity contribution in [1.29, 1.82) is 0 Å². The van der Waals surface area contributed by atoms with Gasteiger partial charge in [0.1, 0.15) is 0 Å². The highest BCUT2D eigenvalue weighted by molar-refractivity contribution is 9.10. The van der Waals surface area contributed by atoms with E-state index in [9.17, 15) is 4.79 Å². The number of hydrogen-bond acceptors (Lipinski definition) is 3. The normalized spacial score (nSPS) is 11.6. The second kappa shape index (κ2) is 3.73. The molecule has 0 spiro atoms. The van der Waals surface area contributed by atoms with E-state index in [1.165, 1.54) is 17.4 Å². The zero-order valence-corrected chi connectivity index (χ0v) is 8.22. The Hall–Kier alpha value is -0.810. The van der Waals surface area contributed by atoms with Gasteiger partial charge in [-0.15, -0.1) is 11.3 Å². The summed E-state index contributed by atoms with van der Waals surface area (Å²) in [6.45, 7) is 0. The molecule has 0 aliphatic heterocycles. The first-order valence-electron chi connectivity index (χ1n) is 2.97. The first-order valence-corrected chi connectivity index (χ1v) is 4.65. The third-order valence-electron chi connectivity index (χ3n) is 1.09. The van der Waals surface area contributed by atoms with E-state index in [1.54, 1.807) is 11.4 Å². The summed E-state index contributed by atoms with van der Waals surface area (Å²) in [7, 11) is 0. The Morgan fingerprint density at radius 1 is 1.58 bits per heavy atom. The van der Waals surface area contributed by atoms with Crippen molar-refractivity contribution in [2.45, 2.75) is 0 Å². The quantitative estimate of drug-likeness (QED) is 0.625.